The highest BCUT2D eigenvalue weighted by Crippen LogP contribution is 2.46. The van der Waals surface area contributed by atoms with E-state index in [1.54, 1.807) is 7.11 Å². The molecule has 0 unspecified atom stereocenters. The summed E-state index contributed by atoms with van der Waals surface area (Å²) in [6.45, 7) is 8.66. The van der Waals surface area contributed by atoms with E-state index in [-0.39, 0.29) is 0 Å². The van der Waals surface area contributed by atoms with Gasteiger partial charge in [-0.15, -0.1) is 0 Å². The van der Waals surface area contributed by atoms with Crippen molar-refractivity contribution >= 4 is 66.5 Å². The first-order valence-electron chi connectivity index (χ1n) is 10.0. The van der Waals surface area contributed by atoms with Crippen molar-refractivity contribution in [3.63, 3.8) is 0 Å². The van der Waals surface area contributed by atoms with Crippen LogP contribution in [0.3, 0.4) is 0 Å². The molecule has 0 aromatic heterocycles. The molecule has 0 saturated carbocycles. The summed E-state index contributed by atoms with van der Waals surface area (Å²) < 4.78 is 15.3. The van der Waals surface area contributed by atoms with Gasteiger partial charge in [0.1, 0.15) is 5.75 Å². The number of methoxy groups -OCH3 is 1. The second-order valence-corrected chi connectivity index (χ2v) is 7.56. The average Bonchev–Trinajstić information content (AvgIpc) is 3.29. The quantitative estimate of drug-likeness (QED) is 0.302. The van der Waals surface area contributed by atoms with Gasteiger partial charge in [-0.05, 0) is 81.3 Å². The highest BCUT2D eigenvalue weighted by molar-refractivity contribution is 6.40. The largest absolute Gasteiger partial charge is 0.497 e. The van der Waals surface area contributed by atoms with Crippen molar-refractivity contribution in [3.8, 4) is 5.75 Å². The highest BCUT2D eigenvalue weighted by atomic mass is 19.3. The summed E-state index contributed by atoms with van der Waals surface area (Å²) in [6, 6.07) is 21.6. The van der Waals surface area contributed by atoms with Gasteiger partial charge in [-0.2, -0.15) is 4.94 Å². The van der Waals surface area contributed by atoms with Gasteiger partial charge in [0.25, 0.3) is 0 Å². The number of halogens is 1. The molecule has 6 rings (SSSR count). The van der Waals surface area contributed by atoms with Crippen LogP contribution < -0.4 is 9.96 Å². The van der Waals surface area contributed by atoms with Gasteiger partial charge in [0, 0.05) is 0 Å². The Labute approximate surface area is 179 Å². The molecule has 6 aromatic rings. The van der Waals surface area contributed by atoms with E-state index < -0.39 is 0 Å². The number of fused-ring (bicyclic) bond motifs is 7. The maximum absolute atomic E-state index is 9.79. The molecule has 3 heteroatoms. The third kappa shape index (κ3) is 2.54. The summed E-state index contributed by atoms with van der Waals surface area (Å²) in [6.07, 6.45) is 2.00. The van der Waals surface area contributed by atoms with Gasteiger partial charge < -0.3 is 4.74 Å². The van der Waals surface area contributed by atoms with E-state index in [0.717, 1.165) is 23.5 Å². The fourth-order valence-electron chi connectivity index (χ4n) is 5.05. The molecular weight excluding hydrogens is 387 g/mol. The van der Waals surface area contributed by atoms with Gasteiger partial charge in [-0.25, -0.2) is 0 Å². The van der Waals surface area contributed by atoms with Crippen molar-refractivity contribution in [1.29, 1.82) is 0 Å². The molecule has 6 aromatic carbocycles. The summed E-state index contributed by atoms with van der Waals surface area (Å²) >= 11 is 0. The lowest BCUT2D eigenvalue weighted by Gasteiger charge is -2.08. The standard InChI is InChI=1S/C27H18O.CH3FO/c1-4-17-24-15(2)23-14-16(28-3)12-13-21(23)26(24)22-11-7-10-20-18-8-5-6-9-19(18)25(17)27(20)22;1-3-2/h4-14H,1-2H2,3H3;1H3. The maximum Gasteiger partial charge on any atom is 0.119 e. The number of ether oxygens (including phenoxy) is 1. The molecule has 0 aliphatic carbocycles. The van der Waals surface area contributed by atoms with Gasteiger partial charge in [0.2, 0.25) is 0 Å². The van der Waals surface area contributed by atoms with Crippen LogP contribution in [0.1, 0.15) is 5.56 Å². The molecule has 2 nitrogen and oxygen atoms in total. The van der Waals surface area contributed by atoms with Crippen molar-refractivity contribution < 1.29 is 14.2 Å². The molecule has 0 saturated heterocycles. The van der Waals surface area contributed by atoms with Crippen molar-refractivity contribution in [1.82, 2.24) is 0 Å². The monoisotopic (exact) mass is 408 g/mol. The van der Waals surface area contributed by atoms with Crippen molar-refractivity contribution in [2.75, 3.05) is 14.2 Å². The van der Waals surface area contributed by atoms with Crippen molar-refractivity contribution in [2.45, 2.75) is 0 Å². The molecule has 0 fully saturated rings. The summed E-state index contributed by atoms with van der Waals surface area (Å²) in [4.78, 5) is 2.75. The number of hydrogen-bond acceptors (Lipinski definition) is 2. The zero-order valence-corrected chi connectivity index (χ0v) is 17.5. The first-order valence-corrected chi connectivity index (χ1v) is 10.0. The Hall–Kier alpha value is -3.69. The van der Waals surface area contributed by atoms with E-state index in [9.17, 15) is 4.53 Å². The molecule has 0 heterocycles. The topological polar surface area (TPSA) is 18.5 Å². The summed E-state index contributed by atoms with van der Waals surface area (Å²) in [5.74, 6) is 0.857. The van der Waals surface area contributed by atoms with Crippen LogP contribution >= 0.6 is 0 Å². The van der Waals surface area contributed by atoms with Crippen LogP contribution in [-0.2, 0) is 4.94 Å². The van der Waals surface area contributed by atoms with Gasteiger partial charge >= 0.3 is 0 Å². The van der Waals surface area contributed by atoms with E-state index in [1.165, 1.54) is 54.0 Å². The number of benzene rings is 4. The molecule has 0 amide bonds. The third-order valence-electron chi connectivity index (χ3n) is 6.19. The SMILES string of the molecule is C=Cc1c2c(=C)c3cc(OC)ccc3c2c2cccc3c4ccccc4c1c32.COF. The lowest BCUT2D eigenvalue weighted by Crippen LogP contribution is -1.96. The Morgan fingerprint density at radius 3 is 2.00 bits per heavy atom. The Balaban J connectivity index is 0.000000646. The molecule has 0 aliphatic rings. The fourth-order valence-corrected chi connectivity index (χ4v) is 5.05. The van der Waals surface area contributed by atoms with Gasteiger partial charge in [-0.1, -0.05) is 67.8 Å². The van der Waals surface area contributed by atoms with E-state index in [2.05, 4.69) is 72.7 Å². The molecule has 152 valence electrons. The zero-order chi connectivity index (χ0) is 21.7. The normalized spacial score (nSPS) is 11.5. The second kappa shape index (κ2) is 7.22. The molecule has 0 radical (unpaired) electrons. The van der Waals surface area contributed by atoms with E-state index >= 15 is 0 Å². The lowest BCUT2D eigenvalue weighted by atomic mass is 9.95. The fraction of sp³-hybridized carbons (Fsp3) is 0.0714. The molecule has 0 bridgehead atoms. The van der Waals surface area contributed by atoms with Crippen LogP contribution in [0.4, 0.5) is 4.53 Å². The lowest BCUT2D eigenvalue weighted by molar-refractivity contribution is -0.0960. The molecule has 0 spiro atoms. The third-order valence-corrected chi connectivity index (χ3v) is 6.19. The predicted molar refractivity (Wildman–Crippen MR) is 131 cm³/mol. The summed E-state index contributed by atoms with van der Waals surface area (Å²) in [5, 5.41) is 13.7. The van der Waals surface area contributed by atoms with Crippen LogP contribution in [0.2, 0.25) is 0 Å². The van der Waals surface area contributed by atoms with Gasteiger partial charge in [0.15, 0.2) is 0 Å². The van der Waals surface area contributed by atoms with E-state index in [4.69, 9.17) is 4.74 Å². The van der Waals surface area contributed by atoms with Crippen molar-refractivity contribution in [3.05, 3.63) is 78.0 Å². The number of hydrogen-bond donors (Lipinski definition) is 0. The first-order chi connectivity index (χ1) is 15.2. The highest BCUT2D eigenvalue weighted by Gasteiger charge is 2.20. The minimum absolute atomic E-state index is 0.857. The summed E-state index contributed by atoms with van der Waals surface area (Å²) in [7, 11) is 2.66. The van der Waals surface area contributed by atoms with E-state index in [0.29, 0.717) is 0 Å². The van der Waals surface area contributed by atoms with Gasteiger partial charge in [0.05, 0.1) is 14.2 Å². The summed E-state index contributed by atoms with van der Waals surface area (Å²) in [5.41, 5.74) is 1.18. The van der Waals surface area contributed by atoms with Gasteiger partial charge in [-0.3, -0.25) is 0 Å². The Morgan fingerprint density at radius 1 is 0.710 bits per heavy atom. The molecule has 0 N–H and O–H groups in total. The minimum atomic E-state index is 0.857. The second-order valence-electron chi connectivity index (χ2n) is 7.56. The Morgan fingerprint density at radius 2 is 1.29 bits per heavy atom. The zero-order valence-electron chi connectivity index (χ0n) is 17.5. The van der Waals surface area contributed by atoms with E-state index in [1.807, 2.05) is 12.1 Å². The van der Waals surface area contributed by atoms with Crippen LogP contribution in [0.5, 0.6) is 5.75 Å². The molecule has 31 heavy (non-hydrogen) atoms. The first kappa shape index (κ1) is 19.3. The maximum atomic E-state index is 9.79. The van der Waals surface area contributed by atoms with Crippen LogP contribution in [0, 0.1) is 0 Å². The van der Waals surface area contributed by atoms with Crippen LogP contribution in [0.25, 0.3) is 66.5 Å². The molecule has 0 atom stereocenters. The molecular formula is C28H21FO2. The van der Waals surface area contributed by atoms with Crippen LogP contribution in [0.15, 0.2) is 67.2 Å². The molecule has 0 aliphatic heterocycles. The average molecular weight is 408 g/mol. The van der Waals surface area contributed by atoms with Crippen LogP contribution in [-0.4, -0.2) is 14.2 Å². The Bertz CT molecular complexity index is 1650. The Kier molecular flexibility index (Phi) is 4.49. The van der Waals surface area contributed by atoms with Crippen molar-refractivity contribution in [2.24, 2.45) is 0 Å². The smallest absolute Gasteiger partial charge is 0.119 e. The number of rotatable bonds is 2. The minimum Gasteiger partial charge on any atom is -0.497 e. The predicted octanol–water partition coefficient (Wildman–Crippen LogP) is 7.19.